The number of nitrogens with zero attached hydrogens (tertiary/aromatic N) is 2. The Labute approximate surface area is 160 Å². The third-order valence-corrected chi connectivity index (χ3v) is 5.68. The van der Waals surface area contributed by atoms with Crippen LogP contribution < -0.4 is 10.2 Å². The van der Waals surface area contributed by atoms with Crippen molar-refractivity contribution in [2.24, 2.45) is 0 Å². The monoisotopic (exact) mass is 397 g/mol. The molecule has 0 bridgehead atoms. The zero-order valence-corrected chi connectivity index (χ0v) is 15.8. The van der Waals surface area contributed by atoms with Crippen LogP contribution in [0.1, 0.15) is 23.4 Å². The normalized spacial score (nSPS) is 17.0. The molecule has 3 rings (SSSR count). The molecule has 1 atom stereocenters. The number of carbonyl (C=O) groups is 1. The summed E-state index contributed by atoms with van der Waals surface area (Å²) >= 11 is 1.60. The number of halogens is 3. The van der Waals surface area contributed by atoms with Crippen LogP contribution in [0, 0.1) is 0 Å². The first-order chi connectivity index (χ1) is 12.8. The Hall–Kier alpha value is -2.06. The Bertz CT molecular complexity index is 756. The van der Waals surface area contributed by atoms with Gasteiger partial charge in [-0.3, -0.25) is 9.69 Å². The quantitative estimate of drug-likeness (QED) is 0.834. The van der Waals surface area contributed by atoms with Gasteiger partial charge in [-0.25, -0.2) is 0 Å². The lowest BCUT2D eigenvalue weighted by Crippen LogP contribution is -2.49. The first-order valence-corrected chi connectivity index (χ1v) is 9.68. The van der Waals surface area contributed by atoms with E-state index in [9.17, 15) is 18.0 Å². The van der Waals surface area contributed by atoms with E-state index in [0.717, 1.165) is 10.9 Å². The summed E-state index contributed by atoms with van der Waals surface area (Å²) < 4.78 is 38.6. The first kappa shape index (κ1) is 19.7. The van der Waals surface area contributed by atoms with Gasteiger partial charge in [0.25, 0.3) is 0 Å². The lowest BCUT2D eigenvalue weighted by molar-refractivity contribution is -0.137. The highest BCUT2D eigenvalue weighted by atomic mass is 32.1. The van der Waals surface area contributed by atoms with E-state index in [2.05, 4.69) is 5.32 Å². The number of hydrogen-bond acceptors (Lipinski definition) is 4. The topological polar surface area (TPSA) is 35.6 Å². The van der Waals surface area contributed by atoms with Gasteiger partial charge in [-0.1, -0.05) is 12.1 Å². The van der Waals surface area contributed by atoms with Gasteiger partial charge >= 0.3 is 6.18 Å². The third kappa shape index (κ3) is 5.23. The van der Waals surface area contributed by atoms with Crippen LogP contribution in [-0.2, 0) is 11.0 Å². The van der Waals surface area contributed by atoms with Gasteiger partial charge in [0.05, 0.1) is 18.2 Å². The van der Waals surface area contributed by atoms with E-state index in [1.807, 2.05) is 34.2 Å². The average Bonchev–Trinajstić information content (AvgIpc) is 3.16. The SMILES string of the molecule is CC(NC(=O)CN1CCN(c2cccc(C(F)(F)F)c2)CC1)c1cccs1. The number of carbonyl (C=O) groups excluding carboxylic acids is 1. The summed E-state index contributed by atoms with van der Waals surface area (Å²) in [7, 11) is 0. The van der Waals surface area contributed by atoms with Crippen molar-refractivity contribution < 1.29 is 18.0 Å². The second-order valence-corrected chi connectivity index (χ2v) is 7.60. The third-order valence-electron chi connectivity index (χ3n) is 4.63. The van der Waals surface area contributed by atoms with Gasteiger partial charge < -0.3 is 10.2 Å². The zero-order valence-electron chi connectivity index (χ0n) is 15.0. The van der Waals surface area contributed by atoms with E-state index >= 15 is 0 Å². The number of nitrogens with one attached hydrogen (secondary N) is 1. The molecule has 1 aromatic heterocycles. The van der Waals surface area contributed by atoms with Gasteiger partial charge in [-0.2, -0.15) is 13.2 Å². The summed E-state index contributed by atoms with van der Waals surface area (Å²) in [5.41, 5.74) is -0.0652. The second kappa shape index (κ2) is 8.31. The van der Waals surface area contributed by atoms with Crippen molar-refractivity contribution in [1.82, 2.24) is 10.2 Å². The predicted octanol–water partition coefficient (Wildman–Crippen LogP) is 3.77. The van der Waals surface area contributed by atoms with Gasteiger partial charge in [-0.05, 0) is 36.6 Å². The van der Waals surface area contributed by atoms with Crippen LogP contribution in [0.2, 0.25) is 0 Å². The molecule has 1 N–H and O–H groups in total. The number of benzene rings is 1. The number of amides is 1. The molecule has 0 aliphatic carbocycles. The molecule has 1 aliphatic rings. The van der Waals surface area contributed by atoms with E-state index in [0.29, 0.717) is 38.4 Å². The van der Waals surface area contributed by atoms with Crippen LogP contribution in [-0.4, -0.2) is 43.5 Å². The molecule has 27 heavy (non-hydrogen) atoms. The van der Waals surface area contributed by atoms with E-state index in [4.69, 9.17) is 0 Å². The largest absolute Gasteiger partial charge is 0.416 e. The fraction of sp³-hybridized carbons (Fsp3) is 0.421. The second-order valence-electron chi connectivity index (χ2n) is 6.62. The van der Waals surface area contributed by atoms with Crippen molar-refractivity contribution in [3.63, 3.8) is 0 Å². The van der Waals surface area contributed by atoms with Gasteiger partial charge in [-0.15, -0.1) is 11.3 Å². The Balaban J connectivity index is 1.50. The van der Waals surface area contributed by atoms with Crippen LogP contribution in [0.25, 0.3) is 0 Å². The molecule has 1 saturated heterocycles. The lowest BCUT2D eigenvalue weighted by Gasteiger charge is -2.36. The minimum Gasteiger partial charge on any atom is -0.369 e. The molecule has 1 amide bonds. The van der Waals surface area contributed by atoms with Gasteiger partial charge in [0.2, 0.25) is 5.91 Å². The summed E-state index contributed by atoms with van der Waals surface area (Å²) in [4.78, 5) is 17.3. The van der Waals surface area contributed by atoms with E-state index in [-0.39, 0.29) is 11.9 Å². The standard InChI is InChI=1S/C19H22F3N3OS/c1-14(17-6-3-11-27-17)23-18(26)13-24-7-9-25(10-8-24)16-5-2-4-15(12-16)19(20,21)22/h2-6,11-12,14H,7-10,13H2,1H3,(H,23,26). The number of hydrogen-bond donors (Lipinski definition) is 1. The van der Waals surface area contributed by atoms with Crippen molar-refractivity contribution in [2.45, 2.75) is 19.1 Å². The smallest absolute Gasteiger partial charge is 0.369 e. The maximum Gasteiger partial charge on any atom is 0.416 e. The molecule has 2 aromatic rings. The molecule has 1 unspecified atom stereocenters. The maximum atomic E-state index is 12.9. The molecule has 0 spiro atoms. The number of piperazine rings is 1. The van der Waals surface area contributed by atoms with Gasteiger partial charge in [0.1, 0.15) is 0 Å². The van der Waals surface area contributed by atoms with Crippen LogP contribution in [0.3, 0.4) is 0 Å². The summed E-state index contributed by atoms with van der Waals surface area (Å²) in [6.45, 7) is 4.71. The summed E-state index contributed by atoms with van der Waals surface area (Å²) in [5.74, 6) is -0.0385. The lowest BCUT2D eigenvalue weighted by atomic mass is 10.1. The molecule has 4 nitrogen and oxygen atoms in total. The van der Waals surface area contributed by atoms with Crippen LogP contribution in [0.4, 0.5) is 18.9 Å². The number of alkyl halides is 3. The first-order valence-electron chi connectivity index (χ1n) is 8.80. The van der Waals surface area contributed by atoms with Crippen molar-refractivity contribution in [2.75, 3.05) is 37.6 Å². The maximum absolute atomic E-state index is 12.9. The van der Waals surface area contributed by atoms with E-state index in [1.165, 1.54) is 12.1 Å². The minimum atomic E-state index is -4.34. The highest BCUT2D eigenvalue weighted by Crippen LogP contribution is 2.31. The van der Waals surface area contributed by atoms with Crippen LogP contribution in [0.15, 0.2) is 41.8 Å². The van der Waals surface area contributed by atoms with Crippen molar-refractivity contribution in [3.8, 4) is 0 Å². The number of anilines is 1. The summed E-state index contributed by atoms with van der Waals surface area (Å²) in [6, 6.07) is 9.32. The molecule has 146 valence electrons. The van der Waals surface area contributed by atoms with Crippen molar-refractivity contribution in [3.05, 3.63) is 52.2 Å². The predicted molar refractivity (Wildman–Crippen MR) is 101 cm³/mol. The molecule has 8 heteroatoms. The van der Waals surface area contributed by atoms with Gasteiger partial charge in [0, 0.05) is 36.7 Å². The fourth-order valence-electron chi connectivity index (χ4n) is 3.14. The van der Waals surface area contributed by atoms with E-state index in [1.54, 1.807) is 17.4 Å². The zero-order chi connectivity index (χ0) is 19.4. The van der Waals surface area contributed by atoms with E-state index < -0.39 is 11.7 Å². The Morgan fingerprint density at radius 1 is 1.19 bits per heavy atom. The Morgan fingerprint density at radius 2 is 1.93 bits per heavy atom. The summed E-state index contributed by atoms with van der Waals surface area (Å²) in [5, 5.41) is 4.96. The molecular weight excluding hydrogens is 375 g/mol. The highest BCUT2D eigenvalue weighted by Gasteiger charge is 2.31. The Kier molecular flexibility index (Phi) is 6.06. The molecule has 2 heterocycles. The highest BCUT2D eigenvalue weighted by molar-refractivity contribution is 7.10. The molecule has 0 saturated carbocycles. The van der Waals surface area contributed by atoms with Crippen LogP contribution in [0.5, 0.6) is 0 Å². The average molecular weight is 397 g/mol. The fourth-order valence-corrected chi connectivity index (χ4v) is 3.88. The molecule has 1 fully saturated rings. The molecule has 1 aromatic carbocycles. The molecule has 1 aliphatic heterocycles. The van der Waals surface area contributed by atoms with Crippen molar-refractivity contribution >= 4 is 22.9 Å². The Morgan fingerprint density at radius 3 is 2.56 bits per heavy atom. The molecular formula is C19H22F3N3OS. The number of rotatable bonds is 5. The molecule has 0 radical (unpaired) electrons. The van der Waals surface area contributed by atoms with Gasteiger partial charge in [0.15, 0.2) is 0 Å². The number of thiophene rings is 1. The minimum absolute atomic E-state index is 0.0242. The van der Waals surface area contributed by atoms with Crippen LogP contribution >= 0.6 is 11.3 Å². The summed E-state index contributed by atoms with van der Waals surface area (Å²) in [6.07, 6.45) is -4.34. The van der Waals surface area contributed by atoms with Crippen molar-refractivity contribution in [1.29, 1.82) is 0 Å².